The number of carbonyl (C=O) groups excluding carboxylic acids is 2. The predicted molar refractivity (Wildman–Crippen MR) is 75.8 cm³/mol. The summed E-state index contributed by atoms with van der Waals surface area (Å²) in [5.41, 5.74) is 1.18. The monoisotopic (exact) mass is 269 g/mol. The minimum atomic E-state index is -0.237. The Hall–Kier alpha value is -2.20. The standard InChI is InChI=1S/C16H15NO3/c1-2-20-10-9-17-15(18)12-7-3-5-11-6-4-8-13(14(11)12)16(17)19/h3-8H,2,9-10H2,1H3. The van der Waals surface area contributed by atoms with Gasteiger partial charge in [-0.25, -0.2) is 0 Å². The van der Waals surface area contributed by atoms with Crippen molar-refractivity contribution < 1.29 is 14.3 Å². The van der Waals surface area contributed by atoms with Gasteiger partial charge in [0.1, 0.15) is 0 Å². The van der Waals surface area contributed by atoms with E-state index >= 15 is 0 Å². The molecule has 102 valence electrons. The number of carbonyl (C=O) groups is 2. The van der Waals surface area contributed by atoms with Crippen LogP contribution in [-0.4, -0.2) is 36.5 Å². The van der Waals surface area contributed by atoms with E-state index in [-0.39, 0.29) is 18.4 Å². The number of ether oxygens (including phenoxy) is 1. The molecular formula is C16H15NO3. The molecule has 0 bridgehead atoms. The van der Waals surface area contributed by atoms with Gasteiger partial charge < -0.3 is 4.74 Å². The van der Waals surface area contributed by atoms with Gasteiger partial charge in [-0.05, 0) is 24.4 Å². The Morgan fingerprint density at radius 2 is 1.60 bits per heavy atom. The number of hydrogen-bond acceptors (Lipinski definition) is 3. The van der Waals surface area contributed by atoms with E-state index in [0.29, 0.717) is 24.3 Å². The molecule has 4 heteroatoms. The van der Waals surface area contributed by atoms with Crippen molar-refractivity contribution in [2.45, 2.75) is 6.92 Å². The molecule has 2 aromatic rings. The van der Waals surface area contributed by atoms with Gasteiger partial charge in [0.05, 0.1) is 13.2 Å². The highest BCUT2D eigenvalue weighted by atomic mass is 16.5. The van der Waals surface area contributed by atoms with Crippen molar-refractivity contribution in [1.82, 2.24) is 4.90 Å². The maximum Gasteiger partial charge on any atom is 0.261 e. The molecule has 3 rings (SSSR count). The van der Waals surface area contributed by atoms with Crippen LogP contribution in [0.2, 0.25) is 0 Å². The third-order valence-electron chi connectivity index (χ3n) is 3.52. The first kappa shape index (κ1) is 12.8. The lowest BCUT2D eigenvalue weighted by Crippen LogP contribution is -2.42. The van der Waals surface area contributed by atoms with Crippen molar-refractivity contribution in [2.75, 3.05) is 19.8 Å². The molecule has 0 aliphatic carbocycles. The highest BCUT2D eigenvalue weighted by molar-refractivity contribution is 6.25. The lowest BCUT2D eigenvalue weighted by Gasteiger charge is -2.27. The van der Waals surface area contributed by atoms with Gasteiger partial charge in [0, 0.05) is 23.1 Å². The molecule has 1 aliphatic heterocycles. The van der Waals surface area contributed by atoms with Crippen LogP contribution in [0.3, 0.4) is 0 Å². The summed E-state index contributed by atoms with van der Waals surface area (Å²) < 4.78 is 5.25. The van der Waals surface area contributed by atoms with E-state index in [2.05, 4.69) is 0 Å². The number of nitrogens with zero attached hydrogens (tertiary/aromatic N) is 1. The average molecular weight is 269 g/mol. The SMILES string of the molecule is CCOCCN1C(=O)c2cccc3cccc(c23)C1=O. The molecule has 1 aliphatic rings. The summed E-state index contributed by atoms with van der Waals surface area (Å²) in [6.45, 7) is 3.11. The fraction of sp³-hybridized carbons (Fsp3) is 0.250. The first-order valence-corrected chi connectivity index (χ1v) is 6.69. The molecule has 0 saturated carbocycles. The summed E-state index contributed by atoms with van der Waals surface area (Å²) in [6, 6.07) is 11.1. The number of benzene rings is 2. The summed E-state index contributed by atoms with van der Waals surface area (Å²) in [4.78, 5) is 26.2. The quantitative estimate of drug-likeness (QED) is 0.632. The smallest absolute Gasteiger partial charge is 0.261 e. The van der Waals surface area contributed by atoms with Crippen molar-refractivity contribution in [1.29, 1.82) is 0 Å². The zero-order valence-corrected chi connectivity index (χ0v) is 11.3. The van der Waals surface area contributed by atoms with Gasteiger partial charge in [0.25, 0.3) is 11.8 Å². The van der Waals surface area contributed by atoms with E-state index in [1.807, 2.05) is 31.2 Å². The van der Waals surface area contributed by atoms with Gasteiger partial charge in [-0.1, -0.05) is 24.3 Å². The van der Waals surface area contributed by atoms with Crippen LogP contribution in [0.15, 0.2) is 36.4 Å². The summed E-state index contributed by atoms with van der Waals surface area (Å²) in [5.74, 6) is -0.474. The molecule has 0 saturated heterocycles. The van der Waals surface area contributed by atoms with E-state index in [9.17, 15) is 9.59 Å². The Kier molecular flexibility index (Phi) is 3.24. The van der Waals surface area contributed by atoms with Crippen molar-refractivity contribution in [3.63, 3.8) is 0 Å². The molecule has 20 heavy (non-hydrogen) atoms. The second-order valence-corrected chi connectivity index (χ2v) is 4.67. The van der Waals surface area contributed by atoms with Gasteiger partial charge in [-0.3, -0.25) is 14.5 Å². The zero-order valence-electron chi connectivity index (χ0n) is 11.3. The largest absolute Gasteiger partial charge is 0.380 e. The van der Waals surface area contributed by atoms with Crippen LogP contribution in [0, 0.1) is 0 Å². The van der Waals surface area contributed by atoms with E-state index < -0.39 is 0 Å². The van der Waals surface area contributed by atoms with Crippen molar-refractivity contribution in [2.24, 2.45) is 0 Å². The Labute approximate surface area is 116 Å². The molecule has 0 radical (unpaired) electrons. The molecule has 0 atom stereocenters. The molecule has 0 unspecified atom stereocenters. The first-order chi connectivity index (χ1) is 9.74. The topological polar surface area (TPSA) is 46.6 Å². The van der Waals surface area contributed by atoms with Crippen LogP contribution in [0.1, 0.15) is 27.6 Å². The normalized spacial score (nSPS) is 14.2. The Morgan fingerprint density at radius 3 is 2.15 bits per heavy atom. The first-order valence-electron chi connectivity index (χ1n) is 6.69. The van der Waals surface area contributed by atoms with Crippen LogP contribution in [0.4, 0.5) is 0 Å². The lowest BCUT2D eigenvalue weighted by atomic mass is 9.94. The number of imide groups is 1. The van der Waals surface area contributed by atoms with E-state index in [4.69, 9.17) is 4.74 Å². The van der Waals surface area contributed by atoms with Crippen LogP contribution < -0.4 is 0 Å². The minimum Gasteiger partial charge on any atom is -0.380 e. The molecule has 0 spiro atoms. The lowest BCUT2D eigenvalue weighted by molar-refractivity contribution is 0.0532. The Bertz CT molecular complexity index is 642. The number of amides is 2. The van der Waals surface area contributed by atoms with Crippen LogP contribution in [0.25, 0.3) is 10.8 Å². The van der Waals surface area contributed by atoms with Gasteiger partial charge in [-0.15, -0.1) is 0 Å². The zero-order chi connectivity index (χ0) is 14.1. The van der Waals surface area contributed by atoms with Crippen molar-refractivity contribution >= 4 is 22.6 Å². The number of hydrogen-bond donors (Lipinski definition) is 0. The van der Waals surface area contributed by atoms with Gasteiger partial charge in [0.2, 0.25) is 0 Å². The number of rotatable bonds is 4. The highest BCUT2D eigenvalue weighted by Gasteiger charge is 2.32. The molecule has 4 nitrogen and oxygen atoms in total. The second kappa shape index (κ2) is 5.06. The van der Waals surface area contributed by atoms with E-state index in [1.54, 1.807) is 12.1 Å². The van der Waals surface area contributed by atoms with Crippen LogP contribution >= 0.6 is 0 Å². The molecule has 0 aromatic heterocycles. The van der Waals surface area contributed by atoms with Gasteiger partial charge in [-0.2, -0.15) is 0 Å². The van der Waals surface area contributed by atoms with E-state index in [0.717, 1.165) is 10.8 Å². The van der Waals surface area contributed by atoms with Gasteiger partial charge in [0.15, 0.2) is 0 Å². The molecule has 0 fully saturated rings. The predicted octanol–water partition coefficient (Wildman–Crippen LogP) is 2.47. The van der Waals surface area contributed by atoms with Crippen molar-refractivity contribution in [3.8, 4) is 0 Å². The highest BCUT2D eigenvalue weighted by Crippen LogP contribution is 2.29. The van der Waals surface area contributed by atoms with Crippen molar-refractivity contribution in [3.05, 3.63) is 47.5 Å². The van der Waals surface area contributed by atoms with E-state index in [1.165, 1.54) is 4.90 Å². The average Bonchev–Trinajstić information content (AvgIpc) is 2.48. The van der Waals surface area contributed by atoms with Crippen LogP contribution in [-0.2, 0) is 4.74 Å². The molecular weight excluding hydrogens is 254 g/mol. The summed E-state index contributed by atoms with van der Waals surface area (Å²) >= 11 is 0. The second-order valence-electron chi connectivity index (χ2n) is 4.67. The van der Waals surface area contributed by atoms with Gasteiger partial charge >= 0.3 is 0 Å². The maximum atomic E-state index is 12.5. The molecule has 2 amide bonds. The molecule has 1 heterocycles. The third-order valence-corrected chi connectivity index (χ3v) is 3.52. The summed E-state index contributed by atoms with van der Waals surface area (Å²) in [7, 11) is 0. The summed E-state index contributed by atoms with van der Waals surface area (Å²) in [5, 5.41) is 1.68. The fourth-order valence-corrected chi connectivity index (χ4v) is 2.58. The fourth-order valence-electron chi connectivity index (χ4n) is 2.58. The molecule has 0 N–H and O–H groups in total. The van der Waals surface area contributed by atoms with Crippen LogP contribution in [0.5, 0.6) is 0 Å². The molecule has 2 aromatic carbocycles. The third kappa shape index (κ3) is 1.89. The Balaban J connectivity index is 2.07. The Morgan fingerprint density at radius 1 is 1.00 bits per heavy atom. The minimum absolute atomic E-state index is 0.237. The summed E-state index contributed by atoms with van der Waals surface area (Å²) in [6.07, 6.45) is 0. The maximum absolute atomic E-state index is 12.5.